The van der Waals surface area contributed by atoms with Gasteiger partial charge in [-0.1, -0.05) is 6.07 Å². The number of aromatic amines is 1. The van der Waals surface area contributed by atoms with Crippen LogP contribution in [0.4, 0.5) is 0 Å². The Hall–Kier alpha value is -2.34. The molecule has 1 aliphatic rings. The molecule has 0 aliphatic carbocycles. The number of ether oxygens (including phenoxy) is 2. The van der Waals surface area contributed by atoms with Crippen molar-refractivity contribution in [3.05, 3.63) is 35.0 Å². The molecule has 6 heteroatoms. The van der Waals surface area contributed by atoms with Crippen molar-refractivity contribution in [3.8, 4) is 0 Å². The van der Waals surface area contributed by atoms with Crippen molar-refractivity contribution in [2.75, 3.05) is 13.2 Å². The predicted octanol–water partition coefficient (Wildman–Crippen LogP) is 1.92. The van der Waals surface area contributed by atoms with Gasteiger partial charge in [-0.15, -0.1) is 0 Å². The molecule has 0 amide bonds. The van der Waals surface area contributed by atoms with E-state index in [1.54, 1.807) is 19.9 Å². The monoisotopic (exact) mass is 316 g/mol. The Bertz CT molecular complexity index is 750. The molecule has 1 aromatic heterocycles. The van der Waals surface area contributed by atoms with E-state index in [2.05, 4.69) is 10.3 Å². The van der Waals surface area contributed by atoms with Crippen molar-refractivity contribution in [2.24, 2.45) is 0 Å². The second-order valence-corrected chi connectivity index (χ2v) is 5.42. The van der Waals surface area contributed by atoms with Crippen molar-refractivity contribution in [3.63, 3.8) is 0 Å². The number of carbonyl (C=O) groups is 2. The molecule has 0 saturated heterocycles. The zero-order valence-corrected chi connectivity index (χ0v) is 13.3. The highest BCUT2D eigenvalue weighted by molar-refractivity contribution is 6.06. The van der Waals surface area contributed by atoms with Gasteiger partial charge in [0.05, 0.1) is 18.8 Å². The van der Waals surface area contributed by atoms with Gasteiger partial charge in [0.25, 0.3) is 0 Å². The van der Waals surface area contributed by atoms with E-state index in [1.165, 1.54) is 0 Å². The SMILES string of the molecule is CCOC(=O)c1cccc2[nH]c3c(c12)CC(C(=O)OCC)NC3. The van der Waals surface area contributed by atoms with Gasteiger partial charge in [-0.3, -0.25) is 10.1 Å². The molecule has 6 nitrogen and oxygen atoms in total. The van der Waals surface area contributed by atoms with Crippen molar-refractivity contribution in [2.45, 2.75) is 32.9 Å². The number of benzene rings is 1. The Kier molecular flexibility index (Phi) is 4.34. The lowest BCUT2D eigenvalue weighted by Crippen LogP contribution is -2.42. The van der Waals surface area contributed by atoms with E-state index in [0.717, 1.165) is 22.2 Å². The number of rotatable bonds is 4. The topological polar surface area (TPSA) is 80.4 Å². The van der Waals surface area contributed by atoms with Crippen molar-refractivity contribution >= 4 is 22.8 Å². The van der Waals surface area contributed by atoms with Crippen LogP contribution in [0.5, 0.6) is 0 Å². The smallest absolute Gasteiger partial charge is 0.338 e. The van der Waals surface area contributed by atoms with Crippen LogP contribution in [0.25, 0.3) is 10.9 Å². The first-order valence-corrected chi connectivity index (χ1v) is 7.85. The maximum atomic E-state index is 12.2. The van der Waals surface area contributed by atoms with Gasteiger partial charge in [-0.25, -0.2) is 4.79 Å². The molecule has 1 aliphatic heterocycles. The van der Waals surface area contributed by atoms with Gasteiger partial charge in [-0.2, -0.15) is 0 Å². The lowest BCUT2D eigenvalue weighted by Gasteiger charge is -2.22. The molecule has 0 fully saturated rings. The minimum atomic E-state index is -0.392. The number of aromatic nitrogens is 1. The van der Waals surface area contributed by atoms with E-state index in [4.69, 9.17) is 9.47 Å². The molecule has 1 unspecified atom stereocenters. The Balaban J connectivity index is 2.02. The van der Waals surface area contributed by atoms with Crippen LogP contribution in [0, 0.1) is 0 Å². The van der Waals surface area contributed by atoms with E-state index in [9.17, 15) is 9.59 Å². The summed E-state index contributed by atoms with van der Waals surface area (Å²) in [4.78, 5) is 27.5. The third-order valence-corrected chi connectivity index (χ3v) is 4.02. The van der Waals surface area contributed by atoms with E-state index >= 15 is 0 Å². The fourth-order valence-electron chi connectivity index (χ4n) is 3.04. The second-order valence-electron chi connectivity index (χ2n) is 5.42. The van der Waals surface area contributed by atoms with Gasteiger partial charge in [0.1, 0.15) is 6.04 Å². The van der Waals surface area contributed by atoms with Crippen molar-refractivity contribution in [1.82, 2.24) is 10.3 Å². The molecule has 2 aromatic rings. The average Bonchev–Trinajstić information content (AvgIpc) is 2.93. The molecular formula is C17H20N2O4. The Morgan fingerprint density at radius 3 is 2.74 bits per heavy atom. The largest absolute Gasteiger partial charge is 0.465 e. The first-order valence-electron chi connectivity index (χ1n) is 7.85. The van der Waals surface area contributed by atoms with Crippen LogP contribution < -0.4 is 5.32 Å². The van der Waals surface area contributed by atoms with E-state index in [-0.39, 0.29) is 11.9 Å². The molecule has 3 rings (SSSR count). The highest BCUT2D eigenvalue weighted by Gasteiger charge is 2.29. The summed E-state index contributed by atoms with van der Waals surface area (Å²) in [5.74, 6) is -0.604. The summed E-state index contributed by atoms with van der Waals surface area (Å²) in [6.45, 7) is 4.79. The molecule has 23 heavy (non-hydrogen) atoms. The summed E-state index contributed by atoms with van der Waals surface area (Å²) < 4.78 is 10.2. The van der Waals surface area contributed by atoms with Crippen LogP contribution in [0.3, 0.4) is 0 Å². The summed E-state index contributed by atoms with van der Waals surface area (Å²) >= 11 is 0. The molecule has 1 aromatic carbocycles. The van der Waals surface area contributed by atoms with Crippen molar-refractivity contribution in [1.29, 1.82) is 0 Å². The molecule has 0 bridgehead atoms. The second kappa shape index (κ2) is 6.42. The maximum absolute atomic E-state index is 12.2. The molecule has 122 valence electrons. The summed E-state index contributed by atoms with van der Waals surface area (Å²) in [7, 11) is 0. The van der Waals surface area contributed by atoms with Gasteiger partial charge in [0.2, 0.25) is 0 Å². The van der Waals surface area contributed by atoms with Crippen LogP contribution in [-0.2, 0) is 27.2 Å². The predicted molar refractivity (Wildman–Crippen MR) is 85.2 cm³/mol. The Morgan fingerprint density at radius 1 is 1.22 bits per heavy atom. The van der Waals surface area contributed by atoms with E-state index in [1.807, 2.05) is 12.1 Å². The van der Waals surface area contributed by atoms with E-state index in [0.29, 0.717) is 31.7 Å². The minimum Gasteiger partial charge on any atom is -0.465 e. The molecular weight excluding hydrogens is 296 g/mol. The number of nitrogens with one attached hydrogen (secondary N) is 2. The molecule has 0 saturated carbocycles. The van der Waals surface area contributed by atoms with Gasteiger partial charge >= 0.3 is 11.9 Å². The number of carbonyl (C=O) groups excluding carboxylic acids is 2. The number of hydrogen-bond acceptors (Lipinski definition) is 5. The average molecular weight is 316 g/mol. The quantitative estimate of drug-likeness (QED) is 0.842. The van der Waals surface area contributed by atoms with Crippen LogP contribution in [0.2, 0.25) is 0 Å². The number of esters is 2. The maximum Gasteiger partial charge on any atom is 0.338 e. The zero-order chi connectivity index (χ0) is 16.4. The van der Waals surface area contributed by atoms with Crippen molar-refractivity contribution < 1.29 is 19.1 Å². The third kappa shape index (κ3) is 2.82. The molecule has 2 N–H and O–H groups in total. The van der Waals surface area contributed by atoms with Crippen LogP contribution in [0.1, 0.15) is 35.5 Å². The van der Waals surface area contributed by atoms with Crippen LogP contribution in [0.15, 0.2) is 18.2 Å². The minimum absolute atomic E-state index is 0.263. The lowest BCUT2D eigenvalue weighted by molar-refractivity contribution is -0.145. The number of hydrogen-bond donors (Lipinski definition) is 2. The standard InChI is InChI=1S/C17H20N2O4/c1-3-22-16(20)10-6-5-7-12-15(10)11-8-13(17(21)23-4-2)18-9-14(11)19-12/h5-7,13,18-19H,3-4,8-9H2,1-2H3. The molecule has 2 heterocycles. The highest BCUT2D eigenvalue weighted by atomic mass is 16.5. The first-order chi connectivity index (χ1) is 11.2. The third-order valence-electron chi connectivity index (χ3n) is 4.02. The zero-order valence-electron chi connectivity index (χ0n) is 13.3. The van der Waals surface area contributed by atoms with Gasteiger partial charge in [-0.05, 0) is 31.5 Å². The van der Waals surface area contributed by atoms with Gasteiger partial charge in [0.15, 0.2) is 0 Å². The lowest BCUT2D eigenvalue weighted by atomic mass is 9.96. The fraction of sp³-hybridized carbons (Fsp3) is 0.412. The summed E-state index contributed by atoms with van der Waals surface area (Å²) in [5.41, 5.74) is 3.40. The van der Waals surface area contributed by atoms with Gasteiger partial charge < -0.3 is 14.5 Å². The van der Waals surface area contributed by atoms with Crippen LogP contribution >= 0.6 is 0 Å². The van der Waals surface area contributed by atoms with E-state index < -0.39 is 6.04 Å². The Labute approximate surface area is 134 Å². The molecule has 1 atom stereocenters. The summed E-state index contributed by atoms with van der Waals surface area (Å²) in [5, 5.41) is 4.02. The molecule has 0 spiro atoms. The fourth-order valence-corrected chi connectivity index (χ4v) is 3.04. The van der Waals surface area contributed by atoms with Crippen LogP contribution in [-0.4, -0.2) is 36.2 Å². The van der Waals surface area contributed by atoms with Gasteiger partial charge in [0, 0.05) is 29.6 Å². The summed E-state index contributed by atoms with van der Waals surface area (Å²) in [6, 6.07) is 5.12. The Morgan fingerprint density at radius 2 is 2.00 bits per heavy atom. The number of H-pyrrole nitrogens is 1. The number of fused-ring (bicyclic) bond motifs is 3. The normalized spacial score (nSPS) is 16.9. The molecule has 0 radical (unpaired) electrons. The highest BCUT2D eigenvalue weighted by Crippen LogP contribution is 2.30. The summed E-state index contributed by atoms with van der Waals surface area (Å²) in [6.07, 6.45) is 0.491. The first kappa shape index (κ1) is 15.6.